The smallest absolute Gasteiger partial charge is 0.321 e. The van der Waals surface area contributed by atoms with E-state index >= 15 is 0 Å². The normalized spacial score (nSPS) is 15.1. The van der Waals surface area contributed by atoms with Crippen LogP contribution in [0.1, 0.15) is 26.7 Å². The number of likely N-dealkylation sites (tertiary alicyclic amines) is 1. The third-order valence-corrected chi connectivity index (χ3v) is 6.72. The first kappa shape index (κ1) is 24.0. The first-order valence-corrected chi connectivity index (χ1v) is 12.3. The lowest BCUT2D eigenvalue weighted by Crippen LogP contribution is -2.43. The topological polar surface area (TPSA) is 87.7 Å². The van der Waals surface area contributed by atoms with E-state index in [2.05, 4.69) is 10.0 Å². The molecule has 9 heteroatoms. The summed E-state index contributed by atoms with van der Waals surface area (Å²) in [6, 6.07) is 11.8. The zero-order valence-corrected chi connectivity index (χ0v) is 19.2. The van der Waals surface area contributed by atoms with Crippen molar-refractivity contribution in [2.24, 2.45) is 11.8 Å². The summed E-state index contributed by atoms with van der Waals surface area (Å²) in [5.41, 5.74) is 0.534. The summed E-state index contributed by atoms with van der Waals surface area (Å²) in [5, 5.41) is 2.75. The van der Waals surface area contributed by atoms with E-state index in [-0.39, 0.29) is 22.7 Å². The number of benzene rings is 2. The number of anilines is 1. The molecule has 0 atom stereocenters. The first-order valence-electron chi connectivity index (χ1n) is 10.8. The van der Waals surface area contributed by atoms with E-state index in [1.165, 1.54) is 24.3 Å². The molecular weight excluding hydrogens is 433 g/mol. The molecule has 7 nitrogen and oxygen atoms in total. The van der Waals surface area contributed by atoms with E-state index in [9.17, 15) is 17.6 Å². The largest absolute Gasteiger partial charge is 0.493 e. The molecule has 2 N–H and O–H groups in total. The summed E-state index contributed by atoms with van der Waals surface area (Å²) in [5.74, 6) is 0.819. The number of sulfonamides is 1. The SMILES string of the molecule is CC(C)COc1ccc(S(=O)(=O)NCC2CCN(C(=O)Nc3ccc(F)cc3)CC2)cc1. The number of carbonyl (C=O) groups excluding carboxylic acids is 1. The Morgan fingerprint density at radius 3 is 2.31 bits per heavy atom. The summed E-state index contributed by atoms with van der Waals surface area (Å²) < 4.78 is 46.5. The van der Waals surface area contributed by atoms with E-state index in [4.69, 9.17) is 4.74 Å². The minimum Gasteiger partial charge on any atom is -0.493 e. The lowest BCUT2D eigenvalue weighted by molar-refractivity contribution is 0.183. The zero-order chi connectivity index (χ0) is 23.1. The minimum absolute atomic E-state index is 0.147. The van der Waals surface area contributed by atoms with Gasteiger partial charge in [0, 0.05) is 25.3 Å². The van der Waals surface area contributed by atoms with Crippen molar-refractivity contribution in [1.82, 2.24) is 9.62 Å². The number of halogens is 1. The molecule has 0 unspecified atom stereocenters. The number of carbonyl (C=O) groups is 1. The molecule has 32 heavy (non-hydrogen) atoms. The Hall–Kier alpha value is -2.65. The van der Waals surface area contributed by atoms with Crippen molar-refractivity contribution in [2.45, 2.75) is 31.6 Å². The van der Waals surface area contributed by atoms with Crippen LogP contribution in [0.2, 0.25) is 0 Å². The average molecular weight is 464 g/mol. The van der Waals surface area contributed by atoms with E-state index in [1.807, 2.05) is 13.8 Å². The Morgan fingerprint density at radius 1 is 1.09 bits per heavy atom. The molecule has 0 spiro atoms. The molecule has 1 fully saturated rings. The maximum Gasteiger partial charge on any atom is 0.321 e. The highest BCUT2D eigenvalue weighted by Gasteiger charge is 2.24. The molecule has 1 aliphatic heterocycles. The Kier molecular flexibility index (Phi) is 8.09. The Bertz CT molecular complexity index is 987. The van der Waals surface area contributed by atoms with Crippen molar-refractivity contribution in [3.05, 3.63) is 54.3 Å². The van der Waals surface area contributed by atoms with Crippen molar-refractivity contribution in [3.8, 4) is 5.75 Å². The number of nitrogens with zero attached hydrogens (tertiary/aromatic N) is 1. The van der Waals surface area contributed by atoms with Crippen LogP contribution < -0.4 is 14.8 Å². The summed E-state index contributed by atoms with van der Waals surface area (Å²) >= 11 is 0. The molecular formula is C23H30FN3O4S. The third kappa shape index (κ3) is 6.93. The zero-order valence-electron chi connectivity index (χ0n) is 18.4. The highest BCUT2D eigenvalue weighted by molar-refractivity contribution is 7.89. The molecule has 1 aliphatic rings. The van der Waals surface area contributed by atoms with Crippen LogP contribution in [-0.4, -0.2) is 45.6 Å². The van der Waals surface area contributed by atoms with E-state index in [0.29, 0.717) is 56.4 Å². The molecule has 3 rings (SSSR count). The van der Waals surface area contributed by atoms with Crippen LogP contribution in [-0.2, 0) is 10.0 Å². The fourth-order valence-electron chi connectivity index (χ4n) is 3.36. The van der Waals surface area contributed by atoms with Crippen LogP contribution in [0, 0.1) is 17.7 Å². The number of nitrogens with one attached hydrogen (secondary N) is 2. The van der Waals surface area contributed by atoms with Gasteiger partial charge in [0.05, 0.1) is 11.5 Å². The summed E-state index contributed by atoms with van der Waals surface area (Å²) in [6.07, 6.45) is 1.39. The fourth-order valence-corrected chi connectivity index (χ4v) is 4.48. The summed E-state index contributed by atoms with van der Waals surface area (Å²) in [7, 11) is -3.61. The number of urea groups is 1. The lowest BCUT2D eigenvalue weighted by atomic mass is 9.97. The molecule has 0 aromatic heterocycles. The predicted octanol–water partition coefficient (Wildman–Crippen LogP) is 4.08. The second-order valence-corrected chi connectivity index (χ2v) is 10.2. The van der Waals surface area contributed by atoms with Crippen LogP contribution in [0.3, 0.4) is 0 Å². The Labute approximate surface area is 189 Å². The van der Waals surface area contributed by atoms with Gasteiger partial charge in [-0.3, -0.25) is 0 Å². The first-order chi connectivity index (χ1) is 15.2. The van der Waals surface area contributed by atoms with E-state index in [1.54, 1.807) is 29.2 Å². The molecule has 2 aromatic carbocycles. The van der Waals surface area contributed by atoms with Gasteiger partial charge in [0.25, 0.3) is 0 Å². The maximum absolute atomic E-state index is 13.0. The van der Waals surface area contributed by atoms with Gasteiger partial charge < -0.3 is 15.0 Å². The van der Waals surface area contributed by atoms with Gasteiger partial charge in [-0.25, -0.2) is 22.3 Å². The molecule has 174 valence electrons. The van der Waals surface area contributed by atoms with Gasteiger partial charge >= 0.3 is 6.03 Å². The van der Waals surface area contributed by atoms with Gasteiger partial charge in [-0.2, -0.15) is 0 Å². The van der Waals surface area contributed by atoms with Crippen LogP contribution in [0.25, 0.3) is 0 Å². The number of ether oxygens (including phenoxy) is 1. The van der Waals surface area contributed by atoms with Crippen LogP contribution in [0.5, 0.6) is 5.75 Å². The second-order valence-electron chi connectivity index (χ2n) is 8.40. The number of amides is 2. The van der Waals surface area contributed by atoms with Crippen LogP contribution in [0.15, 0.2) is 53.4 Å². The van der Waals surface area contributed by atoms with Crippen LogP contribution >= 0.6 is 0 Å². The van der Waals surface area contributed by atoms with Gasteiger partial charge in [0.2, 0.25) is 10.0 Å². The van der Waals surface area contributed by atoms with Gasteiger partial charge in [0.15, 0.2) is 0 Å². The molecule has 1 heterocycles. The highest BCUT2D eigenvalue weighted by Crippen LogP contribution is 2.20. The van der Waals surface area contributed by atoms with Crippen molar-refractivity contribution in [2.75, 3.05) is 31.6 Å². The second kappa shape index (κ2) is 10.8. The molecule has 0 aliphatic carbocycles. The van der Waals surface area contributed by atoms with E-state index < -0.39 is 10.0 Å². The summed E-state index contributed by atoms with van der Waals surface area (Å²) in [4.78, 5) is 14.3. The Morgan fingerprint density at radius 2 is 1.72 bits per heavy atom. The monoisotopic (exact) mass is 463 g/mol. The third-order valence-electron chi connectivity index (χ3n) is 5.28. The molecule has 0 saturated carbocycles. The average Bonchev–Trinajstić information content (AvgIpc) is 2.78. The highest BCUT2D eigenvalue weighted by atomic mass is 32.2. The Balaban J connectivity index is 1.44. The minimum atomic E-state index is -3.61. The maximum atomic E-state index is 13.0. The van der Waals surface area contributed by atoms with Crippen molar-refractivity contribution in [1.29, 1.82) is 0 Å². The number of hydrogen-bond acceptors (Lipinski definition) is 4. The summed E-state index contributed by atoms with van der Waals surface area (Å²) in [6.45, 7) is 6.05. The van der Waals surface area contributed by atoms with Gasteiger partial charge in [-0.1, -0.05) is 13.8 Å². The van der Waals surface area contributed by atoms with Crippen molar-refractivity contribution >= 4 is 21.7 Å². The molecule has 2 aromatic rings. The fraction of sp³-hybridized carbons (Fsp3) is 0.435. The molecule has 0 bridgehead atoms. The molecule has 0 radical (unpaired) electrons. The number of rotatable bonds is 8. The van der Waals surface area contributed by atoms with Crippen LogP contribution in [0.4, 0.5) is 14.9 Å². The van der Waals surface area contributed by atoms with Gasteiger partial charge in [0.1, 0.15) is 11.6 Å². The standard InChI is InChI=1S/C23H30FN3O4S/c1-17(2)16-31-21-7-9-22(10-8-21)32(29,30)25-15-18-11-13-27(14-12-18)23(28)26-20-5-3-19(24)4-6-20/h3-10,17-18,25H,11-16H2,1-2H3,(H,26,28). The molecule has 2 amide bonds. The van der Waals surface area contributed by atoms with Crippen molar-refractivity contribution in [3.63, 3.8) is 0 Å². The number of hydrogen-bond donors (Lipinski definition) is 2. The van der Waals surface area contributed by atoms with Crippen molar-refractivity contribution < 1.29 is 22.3 Å². The number of piperidine rings is 1. The van der Waals surface area contributed by atoms with E-state index in [0.717, 1.165) is 0 Å². The predicted molar refractivity (Wildman–Crippen MR) is 122 cm³/mol. The van der Waals surface area contributed by atoms with Gasteiger partial charge in [-0.15, -0.1) is 0 Å². The quantitative estimate of drug-likeness (QED) is 0.617. The lowest BCUT2D eigenvalue weighted by Gasteiger charge is -2.32. The molecule has 1 saturated heterocycles. The van der Waals surface area contributed by atoms with Gasteiger partial charge in [-0.05, 0) is 73.2 Å².